The second kappa shape index (κ2) is 11.6. The van der Waals surface area contributed by atoms with Crippen molar-refractivity contribution in [3.05, 3.63) is 34.9 Å². The molecule has 0 saturated carbocycles. The molecule has 164 valence electrons. The number of nitrogens with zero attached hydrogens (tertiary/aromatic N) is 2. The highest BCUT2D eigenvalue weighted by Gasteiger charge is 2.30. The zero-order valence-electron chi connectivity index (χ0n) is 16.9. The minimum Gasteiger partial charge on any atom is -0.372 e. The molecular formula is C20H30ClF3N4O. The van der Waals surface area contributed by atoms with E-state index in [1.54, 1.807) is 7.05 Å². The van der Waals surface area contributed by atoms with E-state index in [1.165, 1.54) is 5.56 Å². The van der Waals surface area contributed by atoms with Crippen molar-refractivity contribution in [1.82, 2.24) is 15.5 Å². The van der Waals surface area contributed by atoms with E-state index in [4.69, 9.17) is 11.6 Å². The van der Waals surface area contributed by atoms with Gasteiger partial charge in [-0.3, -0.25) is 9.89 Å². The molecule has 1 aliphatic rings. The standard InChI is InChI=1S/C20H30ClF3N4O/c1-25-19(26-9-5-11-29-14-20(22,23)24)27-13-16-7-4-10-28(2)18(16)15-6-3-8-17(21)12-15/h3,6,8,12,16,18H,4-5,7,9-11,13-14H2,1-2H3,(H2,25,26,27). The maximum Gasteiger partial charge on any atom is 0.411 e. The Morgan fingerprint density at radius 1 is 1.34 bits per heavy atom. The minimum atomic E-state index is -4.28. The summed E-state index contributed by atoms with van der Waals surface area (Å²) in [7, 11) is 3.81. The van der Waals surface area contributed by atoms with Crippen LogP contribution in [0.1, 0.15) is 30.9 Å². The molecule has 0 aromatic heterocycles. The van der Waals surface area contributed by atoms with Crippen LogP contribution in [0.25, 0.3) is 0 Å². The smallest absolute Gasteiger partial charge is 0.372 e. The molecule has 0 bridgehead atoms. The SMILES string of the molecule is CN=C(NCCCOCC(F)(F)F)NCC1CCCN(C)C1c1cccc(Cl)c1. The van der Waals surface area contributed by atoms with Crippen LogP contribution in [0.4, 0.5) is 13.2 Å². The fourth-order valence-corrected chi connectivity index (χ4v) is 3.91. The highest BCUT2D eigenvalue weighted by atomic mass is 35.5. The predicted octanol–water partition coefficient (Wildman–Crippen LogP) is 3.86. The van der Waals surface area contributed by atoms with Crippen molar-refractivity contribution in [3.8, 4) is 0 Å². The van der Waals surface area contributed by atoms with E-state index in [1.807, 2.05) is 18.2 Å². The quantitative estimate of drug-likeness (QED) is 0.370. The van der Waals surface area contributed by atoms with Gasteiger partial charge in [0.1, 0.15) is 6.61 Å². The number of alkyl halides is 3. The van der Waals surface area contributed by atoms with Gasteiger partial charge >= 0.3 is 6.18 Å². The van der Waals surface area contributed by atoms with Gasteiger partial charge in [0.2, 0.25) is 0 Å². The molecule has 1 fully saturated rings. The molecule has 2 unspecified atom stereocenters. The van der Waals surface area contributed by atoms with Gasteiger partial charge in [-0.25, -0.2) is 0 Å². The van der Waals surface area contributed by atoms with Crippen molar-refractivity contribution in [1.29, 1.82) is 0 Å². The van der Waals surface area contributed by atoms with Gasteiger partial charge in [-0.15, -0.1) is 0 Å². The molecule has 1 heterocycles. The fourth-order valence-electron chi connectivity index (χ4n) is 3.71. The second-order valence-electron chi connectivity index (χ2n) is 7.28. The highest BCUT2D eigenvalue weighted by Crippen LogP contribution is 2.35. The number of rotatable bonds is 8. The Bertz CT molecular complexity index is 657. The van der Waals surface area contributed by atoms with Crippen LogP contribution < -0.4 is 10.6 Å². The van der Waals surface area contributed by atoms with E-state index in [2.05, 4.69) is 38.4 Å². The van der Waals surface area contributed by atoms with Gasteiger partial charge in [0.05, 0.1) is 0 Å². The average molecular weight is 435 g/mol. The Morgan fingerprint density at radius 2 is 2.14 bits per heavy atom. The molecule has 1 aromatic carbocycles. The third kappa shape index (κ3) is 8.40. The van der Waals surface area contributed by atoms with E-state index >= 15 is 0 Å². The number of guanidine groups is 1. The van der Waals surface area contributed by atoms with Gasteiger partial charge in [-0.2, -0.15) is 13.2 Å². The summed E-state index contributed by atoms with van der Waals surface area (Å²) in [6, 6.07) is 8.26. The number of nitrogens with one attached hydrogen (secondary N) is 2. The molecule has 0 radical (unpaired) electrons. The molecule has 0 aliphatic carbocycles. The molecule has 29 heavy (non-hydrogen) atoms. The number of hydrogen-bond donors (Lipinski definition) is 2. The third-order valence-electron chi connectivity index (χ3n) is 4.98. The Morgan fingerprint density at radius 3 is 2.83 bits per heavy atom. The zero-order valence-corrected chi connectivity index (χ0v) is 17.7. The van der Waals surface area contributed by atoms with E-state index in [0.717, 1.165) is 31.0 Å². The number of halogens is 4. The molecule has 2 atom stereocenters. The molecule has 1 aromatic rings. The summed E-state index contributed by atoms with van der Waals surface area (Å²) in [6.45, 7) is 1.11. The monoisotopic (exact) mass is 434 g/mol. The first kappa shape index (κ1) is 23.8. The number of benzene rings is 1. The topological polar surface area (TPSA) is 48.9 Å². The molecule has 2 rings (SSSR count). The molecule has 2 N–H and O–H groups in total. The summed E-state index contributed by atoms with van der Waals surface area (Å²) >= 11 is 6.19. The molecule has 9 heteroatoms. The normalized spacial score (nSPS) is 21.2. The van der Waals surface area contributed by atoms with Crippen molar-refractivity contribution in [2.24, 2.45) is 10.9 Å². The van der Waals surface area contributed by atoms with E-state index in [0.29, 0.717) is 24.8 Å². The lowest BCUT2D eigenvalue weighted by molar-refractivity contribution is -0.173. The first-order valence-electron chi connectivity index (χ1n) is 9.85. The van der Waals surface area contributed by atoms with Crippen LogP contribution in [0.2, 0.25) is 5.02 Å². The second-order valence-corrected chi connectivity index (χ2v) is 7.72. The van der Waals surface area contributed by atoms with E-state index in [-0.39, 0.29) is 12.6 Å². The van der Waals surface area contributed by atoms with Crippen LogP contribution in [0, 0.1) is 5.92 Å². The van der Waals surface area contributed by atoms with Crippen molar-refractivity contribution >= 4 is 17.6 Å². The van der Waals surface area contributed by atoms with Gasteiger partial charge in [0.25, 0.3) is 0 Å². The van der Waals surface area contributed by atoms with E-state index in [9.17, 15) is 13.2 Å². The number of aliphatic imine (C=N–C) groups is 1. The van der Waals surface area contributed by atoms with Crippen molar-refractivity contribution in [2.75, 3.05) is 46.9 Å². The Balaban J connectivity index is 1.80. The molecule has 0 spiro atoms. The van der Waals surface area contributed by atoms with Gasteiger partial charge in [0, 0.05) is 37.8 Å². The summed E-state index contributed by atoms with van der Waals surface area (Å²) in [4.78, 5) is 6.56. The van der Waals surface area contributed by atoms with Crippen molar-refractivity contribution in [2.45, 2.75) is 31.5 Å². The van der Waals surface area contributed by atoms with Gasteiger partial charge < -0.3 is 15.4 Å². The molecule has 0 amide bonds. The van der Waals surface area contributed by atoms with Crippen LogP contribution in [-0.2, 0) is 4.74 Å². The fraction of sp³-hybridized carbons (Fsp3) is 0.650. The van der Waals surface area contributed by atoms with Crippen LogP contribution in [0.15, 0.2) is 29.3 Å². The molecule has 1 aliphatic heterocycles. The first-order valence-corrected chi connectivity index (χ1v) is 10.2. The summed E-state index contributed by atoms with van der Waals surface area (Å²) in [6.07, 6.45) is -1.59. The maximum absolute atomic E-state index is 12.0. The summed E-state index contributed by atoms with van der Waals surface area (Å²) in [5, 5.41) is 7.21. The zero-order chi connectivity index (χ0) is 21.3. The molecular weight excluding hydrogens is 405 g/mol. The number of ether oxygens (including phenoxy) is 1. The van der Waals surface area contributed by atoms with Gasteiger partial charge in [-0.1, -0.05) is 23.7 Å². The van der Waals surface area contributed by atoms with Crippen molar-refractivity contribution in [3.63, 3.8) is 0 Å². The summed E-state index contributed by atoms with van der Waals surface area (Å²) in [5.41, 5.74) is 1.20. The lowest BCUT2D eigenvalue weighted by Gasteiger charge is -2.40. The maximum atomic E-state index is 12.0. The highest BCUT2D eigenvalue weighted by molar-refractivity contribution is 6.30. The first-order chi connectivity index (χ1) is 13.8. The van der Waals surface area contributed by atoms with Crippen LogP contribution in [0.5, 0.6) is 0 Å². The third-order valence-corrected chi connectivity index (χ3v) is 5.21. The molecule has 1 saturated heterocycles. The van der Waals surface area contributed by atoms with Crippen molar-refractivity contribution < 1.29 is 17.9 Å². The number of likely N-dealkylation sites (tertiary alicyclic amines) is 1. The number of hydrogen-bond acceptors (Lipinski definition) is 3. The lowest BCUT2D eigenvalue weighted by atomic mass is 9.85. The largest absolute Gasteiger partial charge is 0.411 e. The van der Waals surface area contributed by atoms with Crippen LogP contribution in [0.3, 0.4) is 0 Å². The predicted molar refractivity (Wildman–Crippen MR) is 110 cm³/mol. The summed E-state index contributed by atoms with van der Waals surface area (Å²) < 4.78 is 40.8. The van der Waals surface area contributed by atoms with Gasteiger partial charge in [0.15, 0.2) is 5.96 Å². The number of piperidine rings is 1. The minimum absolute atomic E-state index is 0.0494. The average Bonchev–Trinajstić information content (AvgIpc) is 2.66. The van der Waals surface area contributed by atoms with E-state index < -0.39 is 12.8 Å². The van der Waals surface area contributed by atoms with Gasteiger partial charge in [-0.05, 0) is 56.5 Å². The molecule has 5 nitrogen and oxygen atoms in total. The Hall–Kier alpha value is -1.51. The Labute approximate surface area is 175 Å². The summed E-state index contributed by atoms with van der Waals surface area (Å²) in [5.74, 6) is 1.03. The van der Waals surface area contributed by atoms with Crippen LogP contribution >= 0.6 is 11.6 Å². The Kier molecular flexibility index (Phi) is 9.52. The van der Waals surface area contributed by atoms with Crippen LogP contribution in [-0.4, -0.2) is 64.0 Å². The lowest BCUT2D eigenvalue weighted by Crippen LogP contribution is -2.45.